The van der Waals surface area contributed by atoms with Crippen molar-refractivity contribution in [1.82, 2.24) is 5.32 Å². The van der Waals surface area contributed by atoms with E-state index < -0.39 is 29.8 Å². The Labute approximate surface area is 199 Å². The average molecular weight is 465 g/mol. The second kappa shape index (κ2) is 18.1. The van der Waals surface area contributed by atoms with E-state index in [0.29, 0.717) is 12.5 Å². The number of rotatable bonds is 16. The van der Waals surface area contributed by atoms with Gasteiger partial charge in [0.25, 0.3) is 0 Å². The van der Waals surface area contributed by atoms with Crippen molar-refractivity contribution >= 4 is 17.8 Å². The van der Waals surface area contributed by atoms with Crippen LogP contribution in [0.15, 0.2) is 24.3 Å². The molecule has 1 aromatic carbocycles. The predicted molar refractivity (Wildman–Crippen MR) is 132 cm³/mol. The maximum atomic E-state index is 10.9. The van der Waals surface area contributed by atoms with Gasteiger partial charge in [0.15, 0.2) is 0 Å². The zero-order valence-electron chi connectivity index (χ0n) is 20.8. The summed E-state index contributed by atoms with van der Waals surface area (Å²) in [6.07, 6.45) is 8.47. The molecular formula is C26H44N2O5. The van der Waals surface area contributed by atoms with Gasteiger partial charge in [-0.05, 0) is 49.8 Å². The summed E-state index contributed by atoms with van der Waals surface area (Å²) in [5, 5.41) is 20.8. The second-order valence-corrected chi connectivity index (χ2v) is 9.02. The van der Waals surface area contributed by atoms with Crippen LogP contribution in [-0.4, -0.2) is 40.6 Å². The van der Waals surface area contributed by atoms with Crippen LogP contribution in [0.2, 0.25) is 0 Å². The van der Waals surface area contributed by atoms with Crippen molar-refractivity contribution in [3.63, 3.8) is 0 Å². The van der Waals surface area contributed by atoms with Crippen LogP contribution in [0.4, 0.5) is 0 Å². The Morgan fingerprint density at radius 2 is 1.48 bits per heavy atom. The van der Waals surface area contributed by atoms with Crippen LogP contribution >= 0.6 is 0 Å². The van der Waals surface area contributed by atoms with Crippen LogP contribution in [0.3, 0.4) is 0 Å². The number of hydrogen-bond donors (Lipinski definition) is 4. The third kappa shape index (κ3) is 15.9. The van der Waals surface area contributed by atoms with E-state index in [0.717, 1.165) is 24.8 Å². The minimum atomic E-state index is -0.915. The standard InChI is InChI=1S/C13H26N2O3.C13H18O2/c1-2-3-4-5-6-7-10-15-11(13(17)18)8-9-12(14)16;1-9(2)8-11-4-6-12(7-5-11)10(3)13(14)15/h11,15H,2-10H2,1H3,(H2,14,16)(H,17,18);4-7,9-10H,8H2,1-3H3,(H,14,15)/t11-;10-/m10/s1. The molecule has 0 fully saturated rings. The first-order valence-electron chi connectivity index (χ1n) is 12.1. The number of nitrogens with two attached hydrogens (primary N) is 1. The van der Waals surface area contributed by atoms with Crippen molar-refractivity contribution in [2.75, 3.05) is 6.54 Å². The molecule has 0 saturated heterocycles. The molecule has 188 valence electrons. The number of aliphatic carboxylic acids is 2. The molecule has 0 spiro atoms. The van der Waals surface area contributed by atoms with E-state index in [9.17, 15) is 14.4 Å². The van der Waals surface area contributed by atoms with E-state index >= 15 is 0 Å². The number of benzene rings is 1. The van der Waals surface area contributed by atoms with Crippen LogP contribution in [0.5, 0.6) is 0 Å². The first-order valence-corrected chi connectivity index (χ1v) is 12.1. The number of hydrogen-bond acceptors (Lipinski definition) is 4. The lowest BCUT2D eigenvalue weighted by Crippen LogP contribution is -2.38. The highest BCUT2D eigenvalue weighted by molar-refractivity contribution is 5.77. The predicted octanol–water partition coefficient (Wildman–Crippen LogP) is 4.73. The zero-order chi connectivity index (χ0) is 25.2. The molecule has 0 bridgehead atoms. The molecule has 7 nitrogen and oxygen atoms in total. The molecule has 0 heterocycles. The van der Waals surface area contributed by atoms with Gasteiger partial charge in [-0.25, -0.2) is 0 Å². The topological polar surface area (TPSA) is 130 Å². The number of carbonyl (C=O) groups is 3. The van der Waals surface area contributed by atoms with E-state index in [2.05, 4.69) is 26.1 Å². The van der Waals surface area contributed by atoms with Crippen LogP contribution in [0.25, 0.3) is 0 Å². The van der Waals surface area contributed by atoms with Crippen molar-refractivity contribution in [1.29, 1.82) is 0 Å². The molecule has 0 radical (unpaired) electrons. The lowest BCUT2D eigenvalue weighted by molar-refractivity contribution is -0.140. The largest absolute Gasteiger partial charge is 0.481 e. The maximum absolute atomic E-state index is 10.9. The minimum absolute atomic E-state index is 0.112. The fourth-order valence-corrected chi connectivity index (χ4v) is 3.34. The molecule has 1 aromatic rings. The van der Waals surface area contributed by atoms with E-state index in [4.69, 9.17) is 15.9 Å². The molecule has 1 amide bonds. The summed E-state index contributed by atoms with van der Waals surface area (Å²) in [7, 11) is 0. The molecule has 0 aliphatic rings. The molecule has 2 atom stereocenters. The Morgan fingerprint density at radius 3 is 1.97 bits per heavy atom. The lowest BCUT2D eigenvalue weighted by Gasteiger charge is -2.13. The minimum Gasteiger partial charge on any atom is -0.481 e. The molecule has 0 aliphatic carbocycles. The molecule has 7 heteroatoms. The Hall–Kier alpha value is -2.41. The molecule has 0 aromatic heterocycles. The average Bonchev–Trinajstić information content (AvgIpc) is 2.74. The smallest absolute Gasteiger partial charge is 0.320 e. The summed E-state index contributed by atoms with van der Waals surface area (Å²) in [4.78, 5) is 32.3. The third-order valence-corrected chi connectivity index (χ3v) is 5.39. The molecule has 0 aliphatic heterocycles. The highest BCUT2D eigenvalue weighted by Gasteiger charge is 2.16. The van der Waals surface area contributed by atoms with Crippen molar-refractivity contribution in [3.8, 4) is 0 Å². The van der Waals surface area contributed by atoms with Gasteiger partial charge < -0.3 is 21.3 Å². The van der Waals surface area contributed by atoms with Crippen molar-refractivity contribution in [2.45, 2.75) is 97.4 Å². The number of amides is 1. The van der Waals surface area contributed by atoms with Gasteiger partial charge in [0.2, 0.25) is 5.91 Å². The van der Waals surface area contributed by atoms with Crippen LogP contribution in [0, 0.1) is 5.92 Å². The van der Waals surface area contributed by atoms with Gasteiger partial charge in [-0.1, -0.05) is 77.1 Å². The summed E-state index contributed by atoms with van der Waals surface area (Å²) in [5.41, 5.74) is 7.14. The SMILES string of the molecule is CC(C)Cc1ccc([C@H](C)C(=O)O)cc1.CCCCCCCCN[C@H](CCC(N)=O)C(=O)O. The van der Waals surface area contributed by atoms with Gasteiger partial charge in [0.1, 0.15) is 6.04 Å². The fraction of sp³-hybridized carbons (Fsp3) is 0.654. The Bertz CT molecular complexity index is 688. The zero-order valence-corrected chi connectivity index (χ0v) is 20.8. The number of unbranched alkanes of at least 4 members (excludes halogenated alkanes) is 5. The van der Waals surface area contributed by atoms with Crippen LogP contribution in [0.1, 0.15) is 96.1 Å². The first kappa shape index (κ1) is 30.6. The first-order chi connectivity index (χ1) is 15.6. The van der Waals surface area contributed by atoms with E-state index in [1.165, 1.54) is 31.2 Å². The fourth-order valence-electron chi connectivity index (χ4n) is 3.34. The van der Waals surface area contributed by atoms with Crippen molar-refractivity contribution < 1.29 is 24.6 Å². The van der Waals surface area contributed by atoms with Gasteiger partial charge >= 0.3 is 11.9 Å². The van der Waals surface area contributed by atoms with Crippen LogP contribution < -0.4 is 11.1 Å². The lowest BCUT2D eigenvalue weighted by atomic mass is 9.97. The van der Waals surface area contributed by atoms with Crippen molar-refractivity contribution in [2.24, 2.45) is 11.7 Å². The summed E-state index contributed by atoms with van der Waals surface area (Å²) < 4.78 is 0. The van der Waals surface area contributed by atoms with Crippen LogP contribution in [-0.2, 0) is 20.8 Å². The highest BCUT2D eigenvalue weighted by atomic mass is 16.4. The molecule has 1 rings (SSSR count). The summed E-state index contributed by atoms with van der Waals surface area (Å²) in [6, 6.07) is 7.21. The van der Waals surface area contributed by atoms with Gasteiger partial charge in [0, 0.05) is 6.42 Å². The molecule has 0 unspecified atom stereocenters. The molecular weight excluding hydrogens is 420 g/mol. The molecule has 5 N–H and O–H groups in total. The number of carboxylic acid groups (broad SMARTS) is 2. The Kier molecular flexibility index (Phi) is 16.7. The van der Waals surface area contributed by atoms with Gasteiger partial charge in [-0.3, -0.25) is 14.4 Å². The third-order valence-electron chi connectivity index (χ3n) is 5.39. The maximum Gasteiger partial charge on any atom is 0.320 e. The monoisotopic (exact) mass is 464 g/mol. The Morgan fingerprint density at radius 1 is 0.909 bits per heavy atom. The summed E-state index contributed by atoms with van der Waals surface area (Å²) >= 11 is 0. The van der Waals surface area contributed by atoms with E-state index in [-0.39, 0.29) is 12.8 Å². The number of nitrogens with one attached hydrogen (secondary N) is 1. The van der Waals surface area contributed by atoms with Gasteiger partial charge in [-0.2, -0.15) is 0 Å². The van der Waals surface area contributed by atoms with Crippen molar-refractivity contribution in [3.05, 3.63) is 35.4 Å². The van der Waals surface area contributed by atoms with E-state index in [1.807, 2.05) is 24.3 Å². The number of carbonyl (C=O) groups excluding carboxylic acids is 1. The normalized spacial score (nSPS) is 12.5. The molecule has 0 saturated carbocycles. The second-order valence-electron chi connectivity index (χ2n) is 9.02. The van der Waals surface area contributed by atoms with Gasteiger partial charge in [0.05, 0.1) is 5.92 Å². The highest BCUT2D eigenvalue weighted by Crippen LogP contribution is 2.17. The number of carboxylic acids is 2. The van der Waals surface area contributed by atoms with E-state index in [1.54, 1.807) is 6.92 Å². The number of primary amides is 1. The summed E-state index contributed by atoms with van der Waals surface area (Å²) in [5.74, 6) is -1.93. The summed E-state index contributed by atoms with van der Waals surface area (Å²) in [6.45, 7) is 8.92. The molecule has 33 heavy (non-hydrogen) atoms. The quantitative estimate of drug-likeness (QED) is 0.262. The van der Waals surface area contributed by atoms with Gasteiger partial charge in [-0.15, -0.1) is 0 Å². The Balaban J connectivity index is 0.000000629.